The summed E-state index contributed by atoms with van der Waals surface area (Å²) in [5, 5.41) is 3.54. The van der Waals surface area contributed by atoms with Gasteiger partial charge in [0.15, 0.2) is 0 Å². The van der Waals surface area contributed by atoms with Crippen LogP contribution >= 0.6 is 0 Å². The zero-order valence-electron chi connectivity index (χ0n) is 14.6. The molecule has 0 fully saturated rings. The van der Waals surface area contributed by atoms with E-state index in [1.165, 1.54) is 0 Å². The smallest absolute Gasteiger partial charge is 0.242 e. The molecule has 1 aliphatic rings. The van der Waals surface area contributed by atoms with E-state index in [9.17, 15) is 4.79 Å². The summed E-state index contributed by atoms with van der Waals surface area (Å²) >= 11 is 0. The van der Waals surface area contributed by atoms with Gasteiger partial charge in [-0.3, -0.25) is 4.79 Å². The number of hydrogen-bond donors (Lipinski definition) is 1. The second-order valence-corrected chi connectivity index (χ2v) is 7.12. The van der Waals surface area contributed by atoms with E-state index in [4.69, 9.17) is 0 Å². The quantitative estimate of drug-likeness (QED) is 0.937. The van der Waals surface area contributed by atoms with E-state index in [1.807, 2.05) is 49.5 Å². The summed E-state index contributed by atoms with van der Waals surface area (Å²) in [5.74, 6) is 0.131. The number of carbonyl (C=O) groups excluding carboxylic acids is 1. The van der Waals surface area contributed by atoms with Gasteiger partial charge >= 0.3 is 0 Å². The van der Waals surface area contributed by atoms with Crippen molar-refractivity contribution in [2.75, 3.05) is 30.4 Å². The van der Waals surface area contributed by atoms with Gasteiger partial charge in [0.2, 0.25) is 5.91 Å². The molecule has 1 amide bonds. The molecule has 24 heavy (non-hydrogen) atoms. The lowest BCUT2D eigenvalue weighted by molar-refractivity contribution is -0.129. The summed E-state index contributed by atoms with van der Waals surface area (Å²) in [6.07, 6.45) is 0. The molecule has 0 aliphatic carbocycles. The SMILES string of the molecule is CN(Cc1ccccc1)C(=O)CN1CC(C)(C)Nc2ccccc21. The van der Waals surface area contributed by atoms with Crippen molar-refractivity contribution in [3.63, 3.8) is 0 Å². The Morgan fingerprint density at radius 1 is 1.12 bits per heavy atom. The van der Waals surface area contributed by atoms with Crippen molar-refractivity contribution in [3.8, 4) is 0 Å². The van der Waals surface area contributed by atoms with Crippen molar-refractivity contribution < 1.29 is 4.79 Å². The van der Waals surface area contributed by atoms with Crippen LogP contribution in [0.15, 0.2) is 54.6 Å². The molecule has 4 heteroatoms. The van der Waals surface area contributed by atoms with Crippen LogP contribution in [-0.4, -0.2) is 36.5 Å². The van der Waals surface area contributed by atoms with Crippen molar-refractivity contribution in [2.45, 2.75) is 25.9 Å². The number of rotatable bonds is 4. The zero-order chi connectivity index (χ0) is 17.2. The molecule has 0 atom stereocenters. The van der Waals surface area contributed by atoms with Crippen LogP contribution in [0.4, 0.5) is 11.4 Å². The molecule has 2 aromatic carbocycles. The third-order valence-corrected chi connectivity index (χ3v) is 4.32. The Labute approximate surface area is 144 Å². The lowest BCUT2D eigenvalue weighted by Gasteiger charge is -2.42. The Morgan fingerprint density at radius 3 is 2.54 bits per heavy atom. The number of hydrogen-bond acceptors (Lipinski definition) is 3. The number of anilines is 2. The maximum atomic E-state index is 12.7. The highest BCUT2D eigenvalue weighted by atomic mass is 16.2. The van der Waals surface area contributed by atoms with Gasteiger partial charge in [0.1, 0.15) is 0 Å². The fourth-order valence-corrected chi connectivity index (χ4v) is 3.19. The van der Waals surface area contributed by atoms with Crippen LogP contribution in [0.5, 0.6) is 0 Å². The van der Waals surface area contributed by atoms with E-state index < -0.39 is 0 Å². The largest absolute Gasteiger partial charge is 0.377 e. The first kappa shape index (κ1) is 16.4. The Morgan fingerprint density at radius 2 is 1.79 bits per heavy atom. The lowest BCUT2D eigenvalue weighted by atomic mass is 9.99. The van der Waals surface area contributed by atoms with Gasteiger partial charge in [-0.25, -0.2) is 0 Å². The number of amides is 1. The first-order valence-corrected chi connectivity index (χ1v) is 8.35. The fraction of sp³-hybridized carbons (Fsp3) is 0.350. The Kier molecular flexibility index (Phi) is 4.47. The maximum Gasteiger partial charge on any atom is 0.242 e. The van der Waals surface area contributed by atoms with Gasteiger partial charge in [-0.2, -0.15) is 0 Å². The van der Waals surface area contributed by atoms with E-state index >= 15 is 0 Å². The monoisotopic (exact) mass is 323 g/mol. The molecule has 126 valence electrons. The summed E-state index contributed by atoms with van der Waals surface area (Å²) in [6, 6.07) is 18.3. The fourth-order valence-electron chi connectivity index (χ4n) is 3.19. The molecule has 4 nitrogen and oxygen atoms in total. The molecule has 0 unspecified atom stereocenters. The number of carbonyl (C=O) groups is 1. The van der Waals surface area contributed by atoms with Crippen LogP contribution in [0.1, 0.15) is 19.4 Å². The predicted octanol–water partition coefficient (Wildman–Crippen LogP) is 3.36. The molecular weight excluding hydrogens is 298 g/mol. The molecule has 2 aromatic rings. The molecule has 0 spiro atoms. The van der Waals surface area contributed by atoms with Crippen LogP contribution < -0.4 is 10.2 Å². The van der Waals surface area contributed by atoms with Crippen molar-refractivity contribution in [3.05, 3.63) is 60.2 Å². The predicted molar refractivity (Wildman–Crippen MR) is 99.3 cm³/mol. The van der Waals surface area contributed by atoms with Crippen LogP contribution in [0.3, 0.4) is 0 Å². The number of likely N-dealkylation sites (N-methyl/N-ethyl adjacent to an activating group) is 1. The second kappa shape index (κ2) is 6.56. The average molecular weight is 323 g/mol. The van der Waals surface area contributed by atoms with Gasteiger partial charge in [0.05, 0.1) is 17.9 Å². The molecule has 1 aliphatic heterocycles. The minimum absolute atomic E-state index is 0.0629. The first-order valence-electron chi connectivity index (χ1n) is 8.35. The zero-order valence-corrected chi connectivity index (χ0v) is 14.6. The van der Waals surface area contributed by atoms with E-state index in [2.05, 4.69) is 36.2 Å². The number of nitrogens with zero attached hydrogens (tertiary/aromatic N) is 2. The minimum Gasteiger partial charge on any atom is -0.377 e. The summed E-state index contributed by atoms with van der Waals surface area (Å²) in [6.45, 7) is 6.15. The number of para-hydroxylation sites is 2. The second-order valence-electron chi connectivity index (χ2n) is 7.12. The molecule has 0 saturated carbocycles. The summed E-state index contributed by atoms with van der Waals surface area (Å²) in [5.41, 5.74) is 3.27. The topological polar surface area (TPSA) is 35.6 Å². The summed E-state index contributed by atoms with van der Waals surface area (Å²) in [7, 11) is 1.87. The Balaban J connectivity index is 1.72. The van der Waals surface area contributed by atoms with Gasteiger partial charge in [-0.15, -0.1) is 0 Å². The average Bonchev–Trinajstić information content (AvgIpc) is 2.54. The standard InChI is InChI=1S/C20H25N3O/c1-20(2)15-23(18-12-8-7-11-17(18)21-20)14-19(24)22(3)13-16-9-5-4-6-10-16/h4-12,21H,13-15H2,1-3H3. The Bertz CT molecular complexity index is 712. The molecule has 0 radical (unpaired) electrons. The molecular formula is C20H25N3O. The lowest BCUT2D eigenvalue weighted by Crippen LogP contribution is -2.51. The van der Waals surface area contributed by atoms with E-state index in [1.54, 1.807) is 4.90 Å². The van der Waals surface area contributed by atoms with Crippen LogP contribution in [0.25, 0.3) is 0 Å². The Hall–Kier alpha value is -2.49. The molecule has 0 aromatic heterocycles. The number of benzene rings is 2. The normalized spacial score (nSPS) is 15.4. The molecule has 0 saturated heterocycles. The van der Waals surface area contributed by atoms with E-state index in [0.29, 0.717) is 13.1 Å². The highest BCUT2D eigenvalue weighted by Crippen LogP contribution is 2.33. The summed E-state index contributed by atoms with van der Waals surface area (Å²) < 4.78 is 0. The molecule has 0 bridgehead atoms. The van der Waals surface area contributed by atoms with Crippen molar-refractivity contribution in [1.82, 2.24) is 4.90 Å². The van der Waals surface area contributed by atoms with Gasteiger partial charge in [-0.05, 0) is 31.5 Å². The van der Waals surface area contributed by atoms with Gasteiger partial charge in [0, 0.05) is 25.7 Å². The van der Waals surface area contributed by atoms with Crippen LogP contribution in [-0.2, 0) is 11.3 Å². The van der Waals surface area contributed by atoms with Crippen molar-refractivity contribution >= 4 is 17.3 Å². The van der Waals surface area contributed by atoms with Gasteiger partial charge < -0.3 is 15.1 Å². The third-order valence-electron chi connectivity index (χ3n) is 4.32. The van der Waals surface area contributed by atoms with Crippen molar-refractivity contribution in [2.24, 2.45) is 0 Å². The van der Waals surface area contributed by atoms with E-state index in [0.717, 1.165) is 23.5 Å². The number of nitrogens with one attached hydrogen (secondary N) is 1. The highest BCUT2D eigenvalue weighted by molar-refractivity contribution is 5.84. The molecule has 1 heterocycles. The highest BCUT2D eigenvalue weighted by Gasteiger charge is 2.30. The summed E-state index contributed by atoms with van der Waals surface area (Å²) in [4.78, 5) is 16.7. The van der Waals surface area contributed by atoms with Crippen LogP contribution in [0, 0.1) is 0 Å². The first-order chi connectivity index (χ1) is 11.4. The number of fused-ring (bicyclic) bond motifs is 1. The van der Waals surface area contributed by atoms with Crippen LogP contribution in [0.2, 0.25) is 0 Å². The minimum atomic E-state index is -0.0629. The van der Waals surface area contributed by atoms with Gasteiger partial charge in [-0.1, -0.05) is 42.5 Å². The van der Waals surface area contributed by atoms with Gasteiger partial charge in [0.25, 0.3) is 0 Å². The molecule has 3 rings (SSSR count). The van der Waals surface area contributed by atoms with Crippen molar-refractivity contribution in [1.29, 1.82) is 0 Å². The molecule has 1 N–H and O–H groups in total. The van der Waals surface area contributed by atoms with E-state index in [-0.39, 0.29) is 11.4 Å². The third kappa shape index (κ3) is 3.70. The maximum absolute atomic E-state index is 12.7.